The fourth-order valence-corrected chi connectivity index (χ4v) is 7.17. The topological polar surface area (TPSA) is 51.6 Å². The van der Waals surface area contributed by atoms with Gasteiger partial charge in [0, 0.05) is 32.8 Å². The normalized spacial score (nSPS) is 11.7. The number of benzene rings is 6. The van der Waals surface area contributed by atoms with Crippen LogP contribution >= 0.6 is 0 Å². The molecule has 0 unspecified atom stereocenters. The van der Waals surface area contributed by atoms with Crippen molar-refractivity contribution >= 4 is 38.8 Å². The SMILES string of the molecule is C/C=C\C=C/c1nc2c(cc1C)c(-c1ccc(-c3cccc(-c4nc(-c5cccc(-c6ccccc6)c5)nc5ccccc45)c3)cc1)nc1ccccc12. The Bertz CT molecular complexity index is 2890. The quantitative estimate of drug-likeness (QED) is 0.123. The van der Waals surface area contributed by atoms with Crippen LogP contribution in [0.3, 0.4) is 0 Å². The molecule has 0 aliphatic carbocycles. The molecule has 0 atom stereocenters. The Kier molecular flexibility index (Phi) is 8.62. The Morgan fingerprint density at radius 1 is 0.407 bits per heavy atom. The van der Waals surface area contributed by atoms with E-state index >= 15 is 0 Å². The van der Waals surface area contributed by atoms with E-state index in [9.17, 15) is 0 Å². The zero-order chi connectivity index (χ0) is 36.4. The van der Waals surface area contributed by atoms with Gasteiger partial charge >= 0.3 is 0 Å². The van der Waals surface area contributed by atoms with Crippen LogP contribution in [0.2, 0.25) is 0 Å². The summed E-state index contributed by atoms with van der Waals surface area (Å²) in [4.78, 5) is 20.6. The second kappa shape index (κ2) is 14.2. The van der Waals surface area contributed by atoms with E-state index in [1.54, 1.807) is 0 Å². The van der Waals surface area contributed by atoms with Gasteiger partial charge in [-0.25, -0.2) is 19.9 Å². The Balaban J connectivity index is 1.10. The van der Waals surface area contributed by atoms with Gasteiger partial charge in [-0.1, -0.05) is 146 Å². The van der Waals surface area contributed by atoms with E-state index in [2.05, 4.69) is 153 Å². The average molecular weight is 693 g/mol. The summed E-state index contributed by atoms with van der Waals surface area (Å²) < 4.78 is 0. The zero-order valence-corrected chi connectivity index (χ0v) is 30.1. The maximum absolute atomic E-state index is 5.22. The highest BCUT2D eigenvalue weighted by Gasteiger charge is 2.16. The molecule has 6 aromatic carbocycles. The monoisotopic (exact) mass is 692 g/mol. The number of hydrogen-bond donors (Lipinski definition) is 0. The number of fused-ring (bicyclic) bond motifs is 4. The lowest BCUT2D eigenvalue weighted by Gasteiger charge is -2.13. The first kappa shape index (κ1) is 32.8. The highest BCUT2D eigenvalue weighted by atomic mass is 14.9. The van der Waals surface area contributed by atoms with E-state index in [1.165, 1.54) is 0 Å². The summed E-state index contributed by atoms with van der Waals surface area (Å²) in [5.41, 5.74) is 14.3. The summed E-state index contributed by atoms with van der Waals surface area (Å²) in [7, 11) is 0. The summed E-state index contributed by atoms with van der Waals surface area (Å²) >= 11 is 0. The first-order valence-electron chi connectivity index (χ1n) is 18.3. The van der Waals surface area contributed by atoms with E-state index < -0.39 is 0 Å². The first-order chi connectivity index (χ1) is 26.6. The molecule has 9 aromatic rings. The van der Waals surface area contributed by atoms with Gasteiger partial charge in [0.05, 0.1) is 33.6 Å². The highest BCUT2D eigenvalue weighted by Crippen LogP contribution is 2.36. The minimum atomic E-state index is 0.706. The fourth-order valence-electron chi connectivity index (χ4n) is 7.17. The third-order valence-corrected chi connectivity index (χ3v) is 9.92. The summed E-state index contributed by atoms with van der Waals surface area (Å²) in [6.07, 6.45) is 8.15. The van der Waals surface area contributed by atoms with Crippen molar-refractivity contribution in [3.05, 3.63) is 187 Å². The number of hydrogen-bond acceptors (Lipinski definition) is 4. The molecule has 0 saturated heterocycles. The third-order valence-electron chi connectivity index (χ3n) is 9.92. The van der Waals surface area contributed by atoms with Gasteiger partial charge in [-0.15, -0.1) is 0 Å². The molecule has 0 aliphatic rings. The predicted octanol–water partition coefficient (Wildman–Crippen LogP) is 13.0. The molecule has 256 valence electrons. The molecular formula is C50H36N4. The van der Waals surface area contributed by atoms with Gasteiger partial charge in [0.25, 0.3) is 0 Å². The van der Waals surface area contributed by atoms with Crippen molar-refractivity contribution in [1.82, 2.24) is 19.9 Å². The Morgan fingerprint density at radius 2 is 0.981 bits per heavy atom. The number of aromatic nitrogens is 4. The number of nitrogens with zero attached hydrogens (tertiary/aromatic N) is 4. The second-order valence-corrected chi connectivity index (χ2v) is 13.5. The molecule has 0 saturated carbocycles. The molecular weight excluding hydrogens is 657 g/mol. The van der Waals surface area contributed by atoms with Gasteiger partial charge in [-0.2, -0.15) is 0 Å². The summed E-state index contributed by atoms with van der Waals surface area (Å²) in [6.45, 7) is 4.13. The number of rotatable bonds is 7. The van der Waals surface area contributed by atoms with E-state index in [1.807, 2.05) is 43.4 Å². The molecule has 0 N–H and O–H groups in total. The van der Waals surface area contributed by atoms with Crippen LogP contribution in [-0.4, -0.2) is 19.9 Å². The summed E-state index contributed by atoms with van der Waals surface area (Å²) in [5.74, 6) is 0.706. The van der Waals surface area contributed by atoms with Crippen LogP contribution in [-0.2, 0) is 0 Å². The van der Waals surface area contributed by atoms with Crippen LogP contribution in [0, 0.1) is 6.92 Å². The van der Waals surface area contributed by atoms with E-state index in [4.69, 9.17) is 19.9 Å². The molecule has 4 heteroatoms. The molecule has 0 amide bonds. The lowest BCUT2D eigenvalue weighted by molar-refractivity contribution is 1.23. The van der Waals surface area contributed by atoms with Gasteiger partial charge in [0.2, 0.25) is 0 Å². The molecule has 0 spiro atoms. The van der Waals surface area contributed by atoms with Gasteiger partial charge in [0.1, 0.15) is 0 Å². The lowest BCUT2D eigenvalue weighted by atomic mass is 9.97. The lowest BCUT2D eigenvalue weighted by Crippen LogP contribution is -1.96. The third kappa shape index (κ3) is 6.24. The van der Waals surface area contributed by atoms with Crippen LogP contribution < -0.4 is 0 Å². The maximum Gasteiger partial charge on any atom is 0.160 e. The number of para-hydroxylation sites is 2. The Morgan fingerprint density at radius 3 is 1.74 bits per heavy atom. The molecule has 3 heterocycles. The Hall–Kier alpha value is -7.04. The van der Waals surface area contributed by atoms with Gasteiger partial charge in [0.15, 0.2) is 5.82 Å². The summed E-state index contributed by atoms with van der Waals surface area (Å²) in [5, 5.41) is 3.12. The Labute approximate surface area is 314 Å². The van der Waals surface area contributed by atoms with Crippen molar-refractivity contribution < 1.29 is 0 Å². The van der Waals surface area contributed by atoms with Crippen LogP contribution in [0.4, 0.5) is 0 Å². The smallest absolute Gasteiger partial charge is 0.160 e. The first-order valence-corrected chi connectivity index (χ1v) is 18.3. The van der Waals surface area contributed by atoms with E-state index in [0.717, 1.165) is 94.3 Å². The molecule has 54 heavy (non-hydrogen) atoms. The van der Waals surface area contributed by atoms with Gasteiger partial charge in [-0.05, 0) is 78.1 Å². The average Bonchev–Trinajstić information content (AvgIpc) is 3.24. The zero-order valence-electron chi connectivity index (χ0n) is 30.1. The minimum absolute atomic E-state index is 0.706. The minimum Gasteiger partial charge on any atom is -0.247 e. The number of allylic oxidation sites excluding steroid dienone is 3. The molecule has 4 nitrogen and oxygen atoms in total. The number of pyridine rings is 2. The predicted molar refractivity (Wildman–Crippen MR) is 226 cm³/mol. The highest BCUT2D eigenvalue weighted by molar-refractivity contribution is 6.09. The van der Waals surface area contributed by atoms with Crippen LogP contribution in [0.25, 0.3) is 94.9 Å². The van der Waals surface area contributed by atoms with Gasteiger partial charge in [-0.3, -0.25) is 0 Å². The van der Waals surface area contributed by atoms with Crippen LogP contribution in [0.5, 0.6) is 0 Å². The summed E-state index contributed by atoms with van der Waals surface area (Å²) in [6, 6.07) is 55.0. The molecule has 0 bridgehead atoms. The van der Waals surface area contributed by atoms with Crippen molar-refractivity contribution in [1.29, 1.82) is 0 Å². The van der Waals surface area contributed by atoms with Crippen LogP contribution in [0.15, 0.2) is 176 Å². The van der Waals surface area contributed by atoms with Crippen molar-refractivity contribution in [2.75, 3.05) is 0 Å². The molecule has 0 aliphatic heterocycles. The molecule has 3 aromatic heterocycles. The van der Waals surface area contributed by atoms with Crippen LogP contribution in [0.1, 0.15) is 18.2 Å². The number of aryl methyl sites for hydroxylation is 1. The van der Waals surface area contributed by atoms with Crippen molar-refractivity contribution in [2.45, 2.75) is 13.8 Å². The van der Waals surface area contributed by atoms with E-state index in [-0.39, 0.29) is 0 Å². The van der Waals surface area contributed by atoms with Crippen molar-refractivity contribution in [2.24, 2.45) is 0 Å². The second-order valence-electron chi connectivity index (χ2n) is 13.5. The largest absolute Gasteiger partial charge is 0.247 e. The van der Waals surface area contributed by atoms with Crippen molar-refractivity contribution in [3.63, 3.8) is 0 Å². The standard InChI is InChI=1S/C50H36N4/c1-3-4-6-23-44-33(2)30-43-47(52-45-24-11-10-22-42(45)49(43)51-44)36-28-26-35(27-29-36)37-17-13-19-39(31-37)48-41-21-9-12-25-46(41)53-50(54-48)40-20-14-18-38(32-40)34-15-7-5-8-16-34/h3-32H,1-2H3/b4-3-,23-6-. The van der Waals surface area contributed by atoms with E-state index in [0.29, 0.717) is 5.82 Å². The molecule has 0 fully saturated rings. The van der Waals surface area contributed by atoms with Gasteiger partial charge < -0.3 is 0 Å². The molecule has 9 rings (SSSR count). The van der Waals surface area contributed by atoms with Crippen molar-refractivity contribution in [3.8, 4) is 56.2 Å². The maximum atomic E-state index is 5.22. The fraction of sp³-hybridized carbons (Fsp3) is 0.0400. The molecule has 0 radical (unpaired) electrons.